The summed E-state index contributed by atoms with van der Waals surface area (Å²) >= 11 is 1.94. The summed E-state index contributed by atoms with van der Waals surface area (Å²) in [7, 11) is 0. The molecule has 0 fully saturated rings. The molecule has 0 amide bonds. The predicted octanol–water partition coefficient (Wildman–Crippen LogP) is 3.86. The van der Waals surface area contributed by atoms with Gasteiger partial charge in [-0.1, -0.05) is 18.6 Å². The van der Waals surface area contributed by atoms with Gasteiger partial charge in [0.2, 0.25) is 0 Å². The molecule has 0 spiro atoms. The number of nitrogens with zero attached hydrogens (tertiary/aromatic N) is 1. The molecule has 3 heteroatoms. The minimum absolute atomic E-state index is 0.959. The van der Waals surface area contributed by atoms with Crippen molar-refractivity contribution in [3.05, 3.63) is 42.2 Å². The zero-order valence-electron chi connectivity index (χ0n) is 11.6. The number of aromatic nitrogens is 1. The second-order valence-corrected chi connectivity index (χ2v) is 5.77. The van der Waals surface area contributed by atoms with Crippen LogP contribution >= 0.6 is 11.8 Å². The zero-order chi connectivity index (χ0) is 13.3. The minimum atomic E-state index is 0.959. The van der Waals surface area contributed by atoms with E-state index in [1.165, 1.54) is 41.4 Å². The molecule has 2 rings (SSSR count). The highest BCUT2D eigenvalue weighted by molar-refractivity contribution is 7.98. The van der Waals surface area contributed by atoms with Crippen molar-refractivity contribution in [3.8, 4) is 0 Å². The van der Waals surface area contributed by atoms with Crippen LogP contribution in [-0.4, -0.2) is 23.5 Å². The maximum atomic E-state index is 4.14. The van der Waals surface area contributed by atoms with Crippen LogP contribution in [0.4, 0.5) is 0 Å². The van der Waals surface area contributed by atoms with Crippen molar-refractivity contribution in [3.63, 3.8) is 0 Å². The fourth-order valence-corrected chi connectivity index (χ4v) is 2.64. The summed E-state index contributed by atoms with van der Waals surface area (Å²) < 4.78 is 0. The fraction of sp³-hybridized carbons (Fsp3) is 0.438. The third kappa shape index (κ3) is 4.84. The van der Waals surface area contributed by atoms with Gasteiger partial charge in [0.15, 0.2) is 0 Å². The largest absolute Gasteiger partial charge is 0.313 e. The van der Waals surface area contributed by atoms with Crippen molar-refractivity contribution in [2.24, 2.45) is 0 Å². The smallest absolute Gasteiger partial charge is 0.0346 e. The van der Waals surface area contributed by atoms with E-state index in [1.807, 2.05) is 24.2 Å². The SMILES string of the molecule is CSCCCCCNCc1ccc2cnccc2c1. The Balaban J connectivity index is 1.72. The topological polar surface area (TPSA) is 24.9 Å². The van der Waals surface area contributed by atoms with Crippen LogP contribution in [0.3, 0.4) is 0 Å². The highest BCUT2D eigenvalue weighted by atomic mass is 32.2. The number of pyridine rings is 1. The van der Waals surface area contributed by atoms with E-state index in [9.17, 15) is 0 Å². The molecule has 0 atom stereocenters. The number of nitrogens with one attached hydrogen (secondary N) is 1. The van der Waals surface area contributed by atoms with Crippen LogP contribution in [0.5, 0.6) is 0 Å². The second kappa shape index (κ2) is 8.18. The molecule has 2 aromatic rings. The highest BCUT2D eigenvalue weighted by Crippen LogP contribution is 2.14. The standard InChI is InChI=1S/C16H22N2S/c1-19-10-4-2-3-8-17-12-14-5-6-16-13-18-9-7-15(16)11-14/h5-7,9,11,13,17H,2-4,8,10,12H2,1H3. The number of benzene rings is 1. The first-order valence-corrected chi connectivity index (χ1v) is 8.32. The fourth-order valence-electron chi connectivity index (χ4n) is 2.15. The summed E-state index contributed by atoms with van der Waals surface area (Å²) in [6.45, 7) is 2.07. The molecular formula is C16H22N2S. The van der Waals surface area contributed by atoms with Crippen LogP contribution in [0.1, 0.15) is 24.8 Å². The van der Waals surface area contributed by atoms with Crippen LogP contribution in [0, 0.1) is 0 Å². The average Bonchev–Trinajstić information content (AvgIpc) is 2.46. The Morgan fingerprint density at radius 2 is 2.05 bits per heavy atom. The van der Waals surface area contributed by atoms with Crippen LogP contribution in [0.15, 0.2) is 36.7 Å². The summed E-state index contributed by atoms with van der Waals surface area (Å²) in [6.07, 6.45) is 9.89. The van der Waals surface area contributed by atoms with Crippen molar-refractivity contribution >= 4 is 22.5 Å². The van der Waals surface area contributed by atoms with Crippen LogP contribution in [-0.2, 0) is 6.54 Å². The molecule has 0 bridgehead atoms. The van der Waals surface area contributed by atoms with Gasteiger partial charge in [-0.25, -0.2) is 0 Å². The molecule has 2 nitrogen and oxygen atoms in total. The maximum Gasteiger partial charge on any atom is 0.0346 e. The van der Waals surface area contributed by atoms with Crippen molar-refractivity contribution in [1.82, 2.24) is 10.3 Å². The highest BCUT2D eigenvalue weighted by Gasteiger charge is 1.96. The maximum absolute atomic E-state index is 4.14. The minimum Gasteiger partial charge on any atom is -0.313 e. The van der Waals surface area contributed by atoms with E-state index in [0.717, 1.165) is 13.1 Å². The number of rotatable bonds is 8. The molecule has 0 saturated carbocycles. The van der Waals surface area contributed by atoms with E-state index < -0.39 is 0 Å². The quantitative estimate of drug-likeness (QED) is 0.740. The molecule has 0 aliphatic heterocycles. The molecule has 0 unspecified atom stereocenters. The van der Waals surface area contributed by atoms with Crippen molar-refractivity contribution in [2.45, 2.75) is 25.8 Å². The lowest BCUT2D eigenvalue weighted by Crippen LogP contribution is -2.14. The molecular weight excluding hydrogens is 252 g/mol. The van der Waals surface area contributed by atoms with Crippen LogP contribution < -0.4 is 5.32 Å². The van der Waals surface area contributed by atoms with Crippen LogP contribution in [0.25, 0.3) is 10.8 Å². The Morgan fingerprint density at radius 3 is 2.95 bits per heavy atom. The van der Waals surface area contributed by atoms with Gasteiger partial charge >= 0.3 is 0 Å². The number of unbranched alkanes of at least 4 members (excludes halogenated alkanes) is 2. The van der Waals surface area contributed by atoms with Gasteiger partial charge in [0.1, 0.15) is 0 Å². The van der Waals surface area contributed by atoms with Gasteiger partial charge in [0.05, 0.1) is 0 Å². The van der Waals surface area contributed by atoms with E-state index in [4.69, 9.17) is 0 Å². The number of hydrogen-bond acceptors (Lipinski definition) is 3. The van der Waals surface area contributed by atoms with E-state index in [-0.39, 0.29) is 0 Å². The molecule has 102 valence electrons. The van der Waals surface area contributed by atoms with Crippen molar-refractivity contribution in [2.75, 3.05) is 18.6 Å². The first-order valence-electron chi connectivity index (χ1n) is 6.92. The molecule has 1 heterocycles. The average molecular weight is 274 g/mol. The van der Waals surface area contributed by atoms with Gasteiger partial charge in [-0.05, 0) is 54.5 Å². The third-order valence-corrected chi connectivity index (χ3v) is 3.93. The van der Waals surface area contributed by atoms with E-state index in [2.05, 4.69) is 40.8 Å². The van der Waals surface area contributed by atoms with Crippen molar-refractivity contribution in [1.29, 1.82) is 0 Å². The number of fused-ring (bicyclic) bond motifs is 1. The summed E-state index contributed by atoms with van der Waals surface area (Å²) in [4.78, 5) is 4.14. The summed E-state index contributed by atoms with van der Waals surface area (Å²) in [5.41, 5.74) is 1.35. The van der Waals surface area contributed by atoms with Gasteiger partial charge in [0.25, 0.3) is 0 Å². The van der Waals surface area contributed by atoms with Crippen molar-refractivity contribution < 1.29 is 0 Å². The second-order valence-electron chi connectivity index (χ2n) is 4.79. The van der Waals surface area contributed by atoms with Gasteiger partial charge in [-0.15, -0.1) is 0 Å². The normalized spacial score (nSPS) is 11.0. The Kier molecular flexibility index (Phi) is 6.18. The molecule has 1 N–H and O–H groups in total. The molecule has 0 saturated heterocycles. The zero-order valence-corrected chi connectivity index (χ0v) is 12.4. The molecule has 0 aliphatic carbocycles. The summed E-state index contributed by atoms with van der Waals surface area (Å²) in [5.74, 6) is 1.29. The lowest BCUT2D eigenvalue weighted by atomic mass is 10.1. The lowest BCUT2D eigenvalue weighted by molar-refractivity contribution is 0.619. The van der Waals surface area contributed by atoms with Gasteiger partial charge in [-0.3, -0.25) is 4.98 Å². The third-order valence-electron chi connectivity index (χ3n) is 3.24. The molecule has 1 aromatic heterocycles. The van der Waals surface area contributed by atoms with E-state index in [1.54, 1.807) is 0 Å². The Hall–Kier alpha value is -1.06. The van der Waals surface area contributed by atoms with E-state index in [0.29, 0.717) is 0 Å². The van der Waals surface area contributed by atoms with Gasteiger partial charge < -0.3 is 5.32 Å². The number of thioether (sulfide) groups is 1. The Labute approximate surface area is 120 Å². The number of hydrogen-bond donors (Lipinski definition) is 1. The Morgan fingerprint density at radius 1 is 1.11 bits per heavy atom. The monoisotopic (exact) mass is 274 g/mol. The first kappa shape index (κ1) is 14.4. The summed E-state index contributed by atoms with van der Waals surface area (Å²) in [6, 6.07) is 8.65. The Bertz CT molecular complexity index is 499. The van der Waals surface area contributed by atoms with Gasteiger partial charge in [-0.2, -0.15) is 11.8 Å². The molecule has 19 heavy (non-hydrogen) atoms. The van der Waals surface area contributed by atoms with Crippen LogP contribution in [0.2, 0.25) is 0 Å². The predicted molar refractivity (Wildman–Crippen MR) is 85.7 cm³/mol. The lowest BCUT2D eigenvalue weighted by Gasteiger charge is -2.06. The molecule has 0 radical (unpaired) electrons. The first-order chi connectivity index (χ1) is 9.40. The van der Waals surface area contributed by atoms with E-state index >= 15 is 0 Å². The molecule has 1 aromatic carbocycles. The summed E-state index contributed by atoms with van der Waals surface area (Å²) in [5, 5.41) is 6.00. The van der Waals surface area contributed by atoms with Gasteiger partial charge in [0, 0.05) is 24.3 Å². The molecule has 0 aliphatic rings.